The van der Waals surface area contributed by atoms with Gasteiger partial charge in [-0.3, -0.25) is 5.10 Å². The zero-order chi connectivity index (χ0) is 13.3. The monoisotopic (exact) mass is 285 g/mol. The number of aromatic nitrogens is 2. The summed E-state index contributed by atoms with van der Waals surface area (Å²) in [5, 5.41) is 6.20. The fraction of sp³-hybridized carbons (Fsp3) is 0.364. The van der Waals surface area contributed by atoms with Gasteiger partial charge in [0.15, 0.2) is 0 Å². The largest absolute Gasteiger partial charge is 0.284 e. The standard InChI is InChI=1S/C11H15N3O2S2/c1-8-4-5-11(17-8)9(2)14(3)18(15,16)10-6-12-13-7-10/h4-7,9H,1-3H3,(H,12,13). The van der Waals surface area contributed by atoms with Gasteiger partial charge >= 0.3 is 0 Å². The first-order valence-corrected chi connectivity index (χ1v) is 7.71. The normalized spacial score (nSPS) is 14.0. The second kappa shape index (κ2) is 4.83. The molecule has 0 aromatic carbocycles. The van der Waals surface area contributed by atoms with Crippen LogP contribution in [0.2, 0.25) is 0 Å². The summed E-state index contributed by atoms with van der Waals surface area (Å²) in [4.78, 5) is 2.39. The Balaban J connectivity index is 2.29. The Kier molecular flexibility index (Phi) is 3.56. The Hall–Kier alpha value is -1.18. The molecule has 1 atom stereocenters. The number of sulfonamides is 1. The Labute approximate surface area is 111 Å². The number of aryl methyl sites for hydroxylation is 1. The van der Waals surface area contributed by atoms with Crippen molar-refractivity contribution in [1.29, 1.82) is 0 Å². The highest BCUT2D eigenvalue weighted by atomic mass is 32.2. The minimum absolute atomic E-state index is 0.185. The van der Waals surface area contributed by atoms with Crippen LogP contribution in [0.1, 0.15) is 22.7 Å². The maximum absolute atomic E-state index is 12.3. The number of thiophene rings is 1. The van der Waals surface area contributed by atoms with Crippen molar-refractivity contribution >= 4 is 21.4 Å². The summed E-state index contributed by atoms with van der Waals surface area (Å²) >= 11 is 1.61. The minimum atomic E-state index is -3.49. The van der Waals surface area contributed by atoms with Gasteiger partial charge in [0.1, 0.15) is 4.90 Å². The summed E-state index contributed by atoms with van der Waals surface area (Å²) in [7, 11) is -1.90. The van der Waals surface area contributed by atoms with E-state index in [0.717, 1.165) is 4.88 Å². The third-order valence-corrected chi connectivity index (χ3v) is 5.93. The lowest BCUT2D eigenvalue weighted by Gasteiger charge is -2.22. The summed E-state index contributed by atoms with van der Waals surface area (Å²) in [6.07, 6.45) is 2.70. The number of nitrogens with zero attached hydrogens (tertiary/aromatic N) is 2. The lowest BCUT2D eigenvalue weighted by Crippen LogP contribution is -2.29. The molecule has 18 heavy (non-hydrogen) atoms. The summed E-state index contributed by atoms with van der Waals surface area (Å²) in [5.41, 5.74) is 0. The summed E-state index contributed by atoms with van der Waals surface area (Å²) in [6.45, 7) is 3.88. The molecule has 2 aromatic rings. The van der Waals surface area contributed by atoms with Gasteiger partial charge in [0.2, 0.25) is 10.0 Å². The molecule has 0 aliphatic heterocycles. The summed E-state index contributed by atoms with van der Waals surface area (Å²) in [6, 6.07) is 3.77. The molecule has 0 amide bonds. The molecule has 0 saturated carbocycles. The molecule has 7 heteroatoms. The van der Waals surface area contributed by atoms with Crippen LogP contribution < -0.4 is 0 Å². The molecule has 1 unspecified atom stereocenters. The maximum atomic E-state index is 12.3. The molecular formula is C11H15N3O2S2. The first-order valence-electron chi connectivity index (χ1n) is 5.46. The predicted octanol–water partition coefficient (Wildman–Crippen LogP) is 2.16. The Morgan fingerprint density at radius 2 is 2.17 bits per heavy atom. The first-order chi connectivity index (χ1) is 8.43. The van der Waals surface area contributed by atoms with Crippen LogP contribution in [0.25, 0.3) is 0 Å². The highest BCUT2D eigenvalue weighted by Gasteiger charge is 2.27. The minimum Gasteiger partial charge on any atom is -0.284 e. The van der Waals surface area contributed by atoms with E-state index in [1.165, 1.54) is 21.6 Å². The van der Waals surface area contributed by atoms with Gasteiger partial charge in [0, 0.05) is 23.0 Å². The van der Waals surface area contributed by atoms with E-state index in [-0.39, 0.29) is 10.9 Å². The van der Waals surface area contributed by atoms with Crippen molar-refractivity contribution in [3.05, 3.63) is 34.3 Å². The van der Waals surface area contributed by atoms with Gasteiger partial charge in [0.25, 0.3) is 0 Å². The number of rotatable bonds is 4. The van der Waals surface area contributed by atoms with E-state index in [0.29, 0.717) is 0 Å². The molecule has 1 N–H and O–H groups in total. The van der Waals surface area contributed by atoms with E-state index in [1.807, 2.05) is 26.0 Å². The van der Waals surface area contributed by atoms with Gasteiger partial charge in [-0.25, -0.2) is 8.42 Å². The van der Waals surface area contributed by atoms with Crippen molar-refractivity contribution in [2.45, 2.75) is 24.8 Å². The quantitative estimate of drug-likeness (QED) is 0.936. The number of hydrogen-bond donors (Lipinski definition) is 1. The van der Waals surface area contributed by atoms with E-state index >= 15 is 0 Å². The molecule has 0 aliphatic carbocycles. The summed E-state index contributed by atoms with van der Waals surface area (Å²) < 4.78 is 25.9. The number of hydrogen-bond acceptors (Lipinski definition) is 4. The van der Waals surface area contributed by atoms with Crippen LogP contribution in [-0.4, -0.2) is 30.0 Å². The molecule has 2 heterocycles. The van der Waals surface area contributed by atoms with Gasteiger partial charge in [-0.1, -0.05) is 0 Å². The Morgan fingerprint density at radius 1 is 1.44 bits per heavy atom. The van der Waals surface area contributed by atoms with Crippen LogP contribution >= 0.6 is 11.3 Å². The third-order valence-electron chi connectivity index (χ3n) is 2.87. The molecular weight excluding hydrogens is 270 g/mol. The molecule has 0 aliphatic rings. The second-order valence-corrected chi connectivity index (χ2v) is 7.40. The molecule has 98 valence electrons. The Morgan fingerprint density at radius 3 is 2.67 bits per heavy atom. The lowest BCUT2D eigenvalue weighted by molar-refractivity contribution is 0.403. The smallest absolute Gasteiger partial charge is 0.246 e. The van der Waals surface area contributed by atoms with Crippen LogP contribution in [0.5, 0.6) is 0 Å². The molecule has 0 spiro atoms. The van der Waals surface area contributed by atoms with Crippen LogP contribution in [-0.2, 0) is 10.0 Å². The topological polar surface area (TPSA) is 66.1 Å². The average molecular weight is 285 g/mol. The van der Waals surface area contributed by atoms with Crippen LogP contribution in [0.4, 0.5) is 0 Å². The molecule has 2 aromatic heterocycles. The first kappa shape index (κ1) is 13.3. The van der Waals surface area contributed by atoms with E-state index in [1.54, 1.807) is 18.4 Å². The van der Waals surface area contributed by atoms with Gasteiger partial charge in [-0.05, 0) is 26.0 Å². The molecule has 0 radical (unpaired) electrons. The highest BCUT2D eigenvalue weighted by molar-refractivity contribution is 7.89. The molecule has 0 fully saturated rings. The van der Waals surface area contributed by atoms with Crippen molar-refractivity contribution in [3.8, 4) is 0 Å². The van der Waals surface area contributed by atoms with Gasteiger partial charge in [-0.2, -0.15) is 9.40 Å². The SMILES string of the molecule is Cc1ccc(C(C)N(C)S(=O)(=O)c2cn[nH]c2)s1. The number of nitrogens with one attached hydrogen (secondary N) is 1. The van der Waals surface area contributed by atoms with Crippen molar-refractivity contribution < 1.29 is 8.42 Å². The Bertz CT molecular complexity index is 617. The van der Waals surface area contributed by atoms with E-state index < -0.39 is 10.0 Å². The van der Waals surface area contributed by atoms with Crippen molar-refractivity contribution in [1.82, 2.24) is 14.5 Å². The predicted molar refractivity (Wildman–Crippen MR) is 71.0 cm³/mol. The van der Waals surface area contributed by atoms with E-state index in [9.17, 15) is 8.42 Å². The van der Waals surface area contributed by atoms with Crippen LogP contribution in [0, 0.1) is 6.92 Å². The molecule has 0 bridgehead atoms. The van der Waals surface area contributed by atoms with Crippen molar-refractivity contribution in [3.63, 3.8) is 0 Å². The fourth-order valence-electron chi connectivity index (χ4n) is 1.61. The average Bonchev–Trinajstić information content (AvgIpc) is 2.97. The molecule has 0 saturated heterocycles. The van der Waals surface area contributed by atoms with Gasteiger partial charge < -0.3 is 0 Å². The zero-order valence-electron chi connectivity index (χ0n) is 10.4. The molecule has 2 rings (SSSR count). The van der Waals surface area contributed by atoms with Crippen molar-refractivity contribution in [2.24, 2.45) is 0 Å². The highest BCUT2D eigenvalue weighted by Crippen LogP contribution is 2.29. The fourth-order valence-corrected chi connectivity index (χ4v) is 3.90. The van der Waals surface area contributed by atoms with Crippen molar-refractivity contribution in [2.75, 3.05) is 7.05 Å². The second-order valence-electron chi connectivity index (χ2n) is 4.08. The van der Waals surface area contributed by atoms with E-state index in [2.05, 4.69) is 10.2 Å². The summed E-state index contributed by atoms with van der Waals surface area (Å²) in [5.74, 6) is 0. The van der Waals surface area contributed by atoms with E-state index in [4.69, 9.17) is 0 Å². The molecule has 5 nitrogen and oxygen atoms in total. The lowest BCUT2D eigenvalue weighted by atomic mass is 10.3. The van der Waals surface area contributed by atoms with Crippen LogP contribution in [0.15, 0.2) is 29.4 Å². The number of aromatic amines is 1. The maximum Gasteiger partial charge on any atom is 0.246 e. The number of H-pyrrole nitrogens is 1. The van der Waals surface area contributed by atoms with Gasteiger partial charge in [-0.15, -0.1) is 11.3 Å². The van der Waals surface area contributed by atoms with Crippen LogP contribution in [0.3, 0.4) is 0 Å². The zero-order valence-corrected chi connectivity index (χ0v) is 12.0. The third kappa shape index (κ3) is 2.33. The van der Waals surface area contributed by atoms with Gasteiger partial charge in [0.05, 0.1) is 12.2 Å².